The highest BCUT2D eigenvalue weighted by Crippen LogP contribution is 2.10. The first-order chi connectivity index (χ1) is 8.24. The summed E-state index contributed by atoms with van der Waals surface area (Å²) in [7, 11) is -6.00. The van der Waals surface area contributed by atoms with E-state index in [1.807, 2.05) is 0 Å². The lowest BCUT2D eigenvalue weighted by molar-refractivity contribution is -0.923. The molecule has 0 N–H and O–H groups in total. The van der Waals surface area contributed by atoms with Crippen LogP contribution in [0, 0.1) is 0 Å². The number of halogens is 4. The van der Waals surface area contributed by atoms with Crippen molar-refractivity contribution in [3.63, 3.8) is 0 Å². The van der Waals surface area contributed by atoms with Gasteiger partial charge < -0.3 is 21.7 Å². The maximum Gasteiger partial charge on any atom is 0.673 e. The van der Waals surface area contributed by atoms with Gasteiger partial charge in [0.2, 0.25) is 0 Å². The molecular formula is C12H28BF4N. The van der Waals surface area contributed by atoms with Crippen LogP contribution in [0.4, 0.5) is 17.3 Å². The highest BCUT2D eigenvalue weighted by Gasteiger charge is 2.20. The van der Waals surface area contributed by atoms with Gasteiger partial charge >= 0.3 is 7.25 Å². The van der Waals surface area contributed by atoms with Crippen LogP contribution in [0.2, 0.25) is 0 Å². The molecule has 0 atom stereocenters. The van der Waals surface area contributed by atoms with Crippen molar-refractivity contribution in [3.8, 4) is 0 Å². The lowest BCUT2D eigenvalue weighted by Gasteiger charge is -2.35. The van der Waals surface area contributed by atoms with Crippen LogP contribution >= 0.6 is 0 Å². The summed E-state index contributed by atoms with van der Waals surface area (Å²) in [6.45, 7) is 14.6. The first-order valence-electron chi connectivity index (χ1n) is 6.97. The molecule has 6 heteroatoms. The molecule has 0 aliphatic carbocycles. The molecule has 0 aliphatic rings. The van der Waals surface area contributed by atoms with E-state index in [1.54, 1.807) is 0 Å². The van der Waals surface area contributed by atoms with Crippen LogP contribution in [0.5, 0.6) is 0 Å². The molecule has 0 aromatic rings. The van der Waals surface area contributed by atoms with Crippen LogP contribution in [0.15, 0.2) is 0 Å². The molecule has 0 amide bonds. The van der Waals surface area contributed by atoms with Crippen LogP contribution in [0.25, 0.3) is 0 Å². The van der Waals surface area contributed by atoms with E-state index in [-0.39, 0.29) is 0 Å². The Labute approximate surface area is 109 Å². The minimum atomic E-state index is -6.00. The summed E-state index contributed by atoms with van der Waals surface area (Å²) >= 11 is 0. The van der Waals surface area contributed by atoms with Gasteiger partial charge in [-0.1, -0.05) is 19.8 Å². The zero-order chi connectivity index (χ0) is 14.7. The van der Waals surface area contributed by atoms with E-state index < -0.39 is 7.25 Å². The van der Waals surface area contributed by atoms with Gasteiger partial charge in [-0.2, -0.15) is 0 Å². The highest BCUT2D eigenvalue weighted by molar-refractivity contribution is 6.50. The summed E-state index contributed by atoms with van der Waals surface area (Å²) in [5.41, 5.74) is 0. The molecule has 0 aliphatic heterocycles. The molecule has 0 aromatic carbocycles. The van der Waals surface area contributed by atoms with Crippen molar-refractivity contribution in [1.82, 2.24) is 0 Å². The predicted molar refractivity (Wildman–Crippen MR) is 71.1 cm³/mol. The molecule has 0 fully saturated rings. The van der Waals surface area contributed by atoms with Crippen molar-refractivity contribution >= 4 is 7.25 Å². The van der Waals surface area contributed by atoms with E-state index in [1.165, 1.54) is 56.3 Å². The Bertz CT molecular complexity index is 167. The minimum absolute atomic E-state index is 1.30. The Balaban J connectivity index is 0. The minimum Gasteiger partial charge on any atom is -0.418 e. The second-order valence-corrected chi connectivity index (χ2v) is 4.57. The number of hydrogen-bond acceptors (Lipinski definition) is 0. The number of unbranched alkanes of at least 4 members (excludes halogenated alkanes) is 3. The van der Waals surface area contributed by atoms with Gasteiger partial charge in [-0.3, -0.25) is 0 Å². The van der Waals surface area contributed by atoms with Gasteiger partial charge in [0.25, 0.3) is 0 Å². The van der Waals surface area contributed by atoms with E-state index in [9.17, 15) is 17.3 Å². The first kappa shape index (κ1) is 20.1. The summed E-state index contributed by atoms with van der Waals surface area (Å²) < 4.78 is 40.3. The molecule has 0 unspecified atom stereocenters. The average molecular weight is 273 g/mol. The van der Waals surface area contributed by atoms with Crippen molar-refractivity contribution in [2.45, 2.75) is 53.4 Å². The lowest BCUT2D eigenvalue weighted by Crippen LogP contribution is -2.48. The largest absolute Gasteiger partial charge is 0.673 e. The molecule has 112 valence electrons. The SMILES string of the molecule is CCCCCC[N+](CC)(CC)CC.F[B-](F)(F)F. The lowest BCUT2D eigenvalue weighted by atomic mass is 10.2. The number of nitrogens with zero attached hydrogens (tertiary/aromatic N) is 1. The summed E-state index contributed by atoms with van der Waals surface area (Å²) in [4.78, 5) is 0. The Morgan fingerprint density at radius 2 is 1.11 bits per heavy atom. The second-order valence-electron chi connectivity index (χ2n) is 4.57. The average Bonchev–Trinajstić information content (AvgIpc) is 2.28. The van der Waals surface area contributed by atoms with Crippen molar-refractivity contribution < 1.29 is 21.7 Å². The van der Waals surface area contributed by atoms with Gasteiger partial charge in [-0.05, 0) is 33.6 Å². The number of quaternary nitrogens is 1. The van der Waals surface area contributed by atoms with Gasteiger partial charge in [-0.15, -0.1) is 0 Å². The second kappa shape index (κ2) is 10.6. The summed E-state index contributed by atoms with van der Waals surface area (Å²) in [5, 5.41) is 0. The van der Waals surface area contributed by atoms with Gasteiger partial charge in [0.1, 0.15) is 0 Å². The number of rotatable bonds is 8. The smallest absolute Gasteiger partial charge is 0.418 e. The highest BCUT2D eigenvalue weighted by atomic mass is 19.5. The van der Waals surface area contributed by atoms with Gasteiger partial charge in [0, 0.05) is 0 Å². The molecular weight excluding hydrogens is 245 g/mol. The maximum atomic E-state index is 9.75. The molecule has 0 saturated heterocycles. The third-order valence-electron chi connectivity index (χ3n) is 3.50. The van der Waals surface area contributed by atoms with Gasteiger partial charge in [0.15, 0.2) is 0 Å². The Morgan fingerprint density at radius 1 is 0.722 bits per heavy atom. The fraction of sp³-hybridized carbons (Fsp3) is 1.00. The predicted octanol–water partition coefficient (Wildman–Crippen LogP) is 4.74. The summed E-state index contributed by atoms with van der Waals surface area (Å²) in [6, 6.07) is 0. The molecule has 0 saturated carbocycles. The molecule has 0 spiro atoms. The van der Waals surface area contributed by atoms with Crippen LogP contribution in [0.3, 0.4) is 0 Å². The zero-order valence-corrected chi connectivity index (χ0v) is 12.2. The van der Waals surface area contributed by atoms with E-state index in [4.69, 9.17) is 0 Å². The first-order valence-corrected chi connectivity index (χ1v) is 6.97. The van der Waals surface area contributed by atoms with Gasteiger partial charge in [0.05, 0.1) is 26.2 Å². The fourth-order valence-corrected chi connectivity index (χ4v) is 2.02. The third-order valence-corrected chi connectivity index (χ3v) is 3.50. The Morgan fingerprint density at radius 3 is 1.39 bits per heavy atom. The van der Waals surface area contributed by atoms with E-state index in [0.717, 1.165) is 0 Å². The zero-order valence-electron chi connectivity index (χ0n) is 12.2. The molecule has 1 nitrogen and oxygen atoms in total. The van der Waals surface area contributed by atoms with Crippen LogP contribution in [0.1, 0.15) is 53.4 Å². The maximum absolute atomic E-state index is 9.75. The molecule has 0 rings (SSSR count). The van der Waals surface area contributed by atoms with Crippen molar-refractivity contribution in [2.24, 2.45) is 0 Å². The van der Waals surface area contributed by atoms with Gasteiger partial charge in [-0.25, -0.2) is 0 Å². The van der Waals surface area contributed by atoms with Crippen LogP contribution in [-0.2, 0) is 0 Å². The standard InChI is InChI=1S/C12H28N.BF4/c1-5-9-10-11-12-13(6-2,7-3)8-4;2-1(3,4)5/h5-12H2,1-4H3;/q+1;-1. The monoisotopic (exact) mass is 273 g/mol. The normalized spacial score (nSPS) is 12.0. The van der Waals surface area contributed by atoms with Crippen molar-refractivity contribution in [1.29, 1.82) is 0 Å². The Hall–Kier alpha value is -0.255. The van der Waals surface area contributed by atoms with E-state index >= 15 is 0 Å². The van der Waals surface area contributed by atoms with Crippen LogP contribution in [-0.4, -0.2) is 37.9 Å². The summed E-state index contributed by atoms with van der Waals surface area (Å²) in [5.74, 6) is 0. The van der Waals surface area contributed by atoms with E-state index in [0.29, 0.717) is 0 Å². The molecule has 18 heavy (non-hydrogen) atoms. The molecule has 0 bridgehead atoms. The number of hydrogen-bond donors (Lipinski definition) is 0. The quantitative estimate of drug-likeness (QED) is 0.259. The van der Waals surface area contributed by atoms with Crippen molar-refractivity contribution in [3.05, 3.63) is 0 Å². The fourth-order valence-electron chi connectivity index (χ4n) is 2.02. The Kier molecular flexibility index (Phi) is 11.9. The van der Waals surface area contributed by atoms with Crippen LogP contribution < -0.4 is 0 Å². The topological polar surface area (TPSA) is 0 Å². The third kappa shape index (κ3) is 13.8. The molecule has 0 aromatic heterocycles. The molecule has 0 heterocycles. The van der Waals surface area contributed by atoms with E-state index in [2.05, 4.69) is 27.7 Å². The summed E-state index contributed by atoms with van der Waals surface area (Å²) in [6.07, 6.45) is 5.61. The van der Waals surface area contributed by atoms with Crippen molar-refractivity contribution in [2.75, 3.05) is 26.2 Å². The molecule has 0 radical (unpaired) electrons.